The van der Waals surface area contributed by atoms with Crippen LogP contribution in [0.1, 0.15) is 15.9 Å². The summed E-state index contributed by atoms with van der Waals surface area (Å²) in [6, 6.07) is 9.76. The third kappa shape index (κ3) is 9.71. The van der Waals surface area contributed by atoms with Crippen molar-refractivity contribution in [2.24, 2.45) is 0 Å². The van der Waals surface area contributed by atoms with E-state index in [1.54, 1.807) is 31.2 Å². The summed E-state index contributed by atoms with van der Waals surface area (Å²) in [5.74, 6) is -1.72. The van der Waals surface area contributed by atoms with Gasteiger partial charge >= 0.3 is 23.9 Å². The van der Waals surface area contributed by atoms with E-state index >= 15 is 0 Å². The van der Waals surface area contributed by atoms with Crippen LogP contribution in [0.25, 0.3) is 0 Å². The number of carbonyl (C=O) groups excluding carboxylic acids is 5. The maximum absolute atomic E-state index is 12.1. The number of methoxy groups -OCH3 is 4. The van der Waals surface area contributed by atoms with E-state index in [-0.39, 0.29) is 45.1 Å². The highest BCUT2D eigenvalue weighted by molar-refractivity contribution is 5.85. The van der Waals surface area contributed by atoms with E-state index in [9.17, 15) is 24.0 Å². The molecule has 2 aromatic carbocycles. The largest absolute Gasteiger partial charge is 0.488 e. The number of carbonyl (C=O) groups is 5. The van der Waals surface area contributed by atoms with Crippen molar-refractivity contribution in [1.82, 2.24) is 0 Å². The second-order valence-corrected chi connectivity index (χ2v) is 8.48. The fourth-order valence-electron chi connectivity index (χ4n) is 3.76. The van der Waals surface area contributed by atoms with Crippen molar-refractivity contribution in [2.45, 2.75) is 6.92 Å². The number of hydrogen-bond donors (Lipinski definition) is 0. The summed E-state index contributed by atoms with van der Waals surface area (Å²) in [6.45, 7) is 0.807. The lowest BCUT2D eigenvalue weighted by Crippen LogP contribution is -2.36. The Bertz CT molecular complexity index is 1200. The van der Waals surface area contributed by atoms with E-state index in [0.29, 0.717) is 29.0 Å². The van der Waals surface area contributed by atoms with E-state index in [2.05, 4.69) is 0 Å². The first-order valence-corrected chi connectivity index (χ1v) is 12.4. The van der Waals surface area contributed by atoms with Crippen molar-refractivity contribution >= 4 is 41.5 Å². The molecule has 0 aromatic heterocycles. The predicted octanol–water partition coefficient (Wildman–Crippen LogP) is 1.57. The Morgan fingerprint density at radius 3 is 1.66 bits per heavy atom. The van der Waals surface area contributed by atoms with Gasteiger partial charge in [0.15, 0.2) is 0 Å². The molecule has 13 nitrogen and oxygen atoms in total. The Morgan fingerprint density at radius 1 is 0.683 bits per heavy atom. The number of benzene rings is 2. The SMILES string of the molecule is COC(=O)CN(CC(=O)OC)c1ccc(C=O)cc1OCCOc1cccc(C)c1N(CC(=O)OC)CC(=O)OC. The second kappa shape index (κ2) is 16.3. The van der Waals surface area contributed by atoms with Gasteiger partial charge in [0.1, 0.15) is 57.2 Å². The van der Waals surface area contributed by atoms with Gasteiger partial charge in [-0.1, -0.05) is 12.1 Å². The van der Waals surface area contributed by atoms with Crippen molar-refractivity contribution in [2.75, 3.05) is 77.6 Å². The minimum absolute atomic E-state index is 0.0129. The maximum atomic E-state index is 12.1. The van der Waals surface area contributed by atoms with Gasteiger partial charge in [-0.2, -0.15) is 0 Å². The number of hydrogen-bond acceptors (Lipinski definition) is 13. The quantitative estimate of drug-likeness (QED) is 0.124. The lowest BCUT2D eigenvalue weighted by atomic mass is 10.1. The second-order valence-electron chi connectivity index (χ2n) is 8.48. The molecule has 0 aliphatic rings. The normalized spacial score (nSPS) is 10.2. The number of para-hydroxylation sites is 1. The highest BCUT2D eigenvalue weighted by Gasteiger charge is 2.23. The fourth-order valence-corrected chi connectivity index (χ4v) is 3.76. The molecular formula is C28H34N2O11. The van der Waals surface area contributed by atoms with Crippen molar-refractivity contribution in [3.8, 4) is 11.5 Å². The van der Waals surface area contributed by atoms with Crippen LogP contribution in [-0.2, 0) is 38.1 Å². The Hall–Kier alpha value is -4.81. The molecule has 41 heavy (non-hydrogen) atoms. The van der Waals surface area contributed by atoms with Crippen LogP contribution in [0.4, 0.5) is 11.4 Å². The summed E-state index contributed by atoms with van der Waals surface area (Å²) >= 11 is 0. The zero-order valence-corrected chi connectivity index (χ0v) is 23.7. The van der Waals surface area contributed by atoms with E-state index in [1.165, 1.54) is 50.4 Å². The van der Waals surface area contributed by atoms with Gasteiger partial charge in [0, 0.05) is 5.56 Å². The third-order valence-corrected chi connectivity index (χ3v) is 5.77. The monoisotopic (exact) mass is 574 g/mol. The Kier molecular flexibility index (Phi) is 12.9. The molecule has 0 radical (unpaired) electrons. The van der Waals surface area contributed by atoms with Gasteiger partial charge in [0.25, 0.3) is 0 Å². The Morgan fingerprint density at radius 2 is 1.17 bits per heavy atom. The predicted molar refractivity (Wildman–Crippen MR) is 146 cm³/mol. The molecule has 0 bridgehead atoms. The lowest BCUT2D eigenvalue weighted by molar-refractivity contribution is -0.141. The molecule has 0 fully saturated rings. The number of ether oxygens (including phenoxy) is 6. The summed E-state index contributed by atoms with van der Waals surface area (Å²) in [5, 5.41) is 0. The molecule has 0 aliphatic carbocycles. The number of aldehydes is 1. The summed E-state index contributed by atoms with van der Waals surface area (Å²) in [5.41, 5.74) is 1.89. The lowest BCUT2D eigenvalue weighted by Gasteiger charge is -2.27. The molecular weight excluding hydrogens is 540 g/mol. The number of rotatable bonds is 16. The van der Waals surface area contributed by atoms with E-state index in [1.807, 2.05) is 0 Å². The van der Waals surface area contributed by atoms with E-state index in [0.717, 1.165) is 5.56 Å². The summed E-state index contributed by atoms with van der Waals surface area (Å²) in [4.78, 5) is 62.4. The van der Waals surface area contributed by atoms with Gasteiger partial charge in [-0.25, -0.2) is 0 Å². The molecule has 222 valence electrons. The molecule has 0 spiro atoms. The van der Waals surface area contributed by atoms with Crippen LogP contribution in [0.5, 0.6) is 11.5 Å². The Labute approximate surface area is 237 Å². The van der Waals surface area contributed by atoms with Crippen LogP contribution in [0.15, 0.2) is 36.4 Å². The van der Waals surface area contributed by atoms with Crippen molar-refractivity contribution in [1.29, 1.82) is 0 Å². The molecule has 0 atom stereocenters. The van der Waals surface area contributed by atoms with Gasteiger partial charge in [0.05, 0.1) is 39.8 Å². The van der Waals surface area contributed by atoms with E-state index < -0.39 is 23.9 Å². The van der Waals surface area contributed by atoms with Crippen LogP contribution in [-0.4, -0.2) is 98.0 Å². The molecule has 0 saturated heterocycles. The zero-order chi connectivity index (χ0) is 30.4. The topological polar surface area (TPSA) is 147 Å². The molecule has 0 heterocycles. The average molecular weight is 575 g/mol. The van der Waals surface area contributed by atoms with Crippen LogP contribution in [0, 0.1) is 6.92 Å². The van der Waals surface area contributed by atoms with Crippen molar-refractivity contribution < 1.29 is 52.4 Å². The first kappa shape index (κ1) is 32.4. The summed E-state index contributed by atoms with van der Waals surface area (Å²) in [7, 11) is 4.94. The molecule has 2 rings (SSSR count). The highest BCUT2D eigenvalue weighted by atomic mass is 16.5. The third-order valence-electron chi connectivity index (χ3n) is 5.77. The number of esters is 4. The first-order chi connectivity index (χ1) is 19.7. The molecule has 0 saturated carbocycles. The number of aryl methyl sites for hydroxylation is 1. The standard InChI is InChI=1S/C28H34N2O11/c1-19-7-6-8-22(28(19)30(16-26(34)38-4)17-27(35)39-5)40-11-12-41-23-13-20(18-31)9-10-21(23)29(14-24(32)36-2)15-25(33)37-3/h6-10,13,18H,11-12,14-17H2,1-5H3. The molecule has 0 amide bonds. The van der Waals surface area contributed by atoms with Crippen molar-refractivity contribution in [3.05, 3.63) is 47.5 Å². The molecule has 2 aromatic rings. The smallest absolute Gasteiger partial charge is 0.325 e. The van der Waals surface area contributed by atoms with Gasteiger partial charge < -0.3 is 38.2 Å². The van der Waals surface area contributed by atoms with Crippen molar-refractivity contribution in [3.63, 3.8) is 0 Å². The fraction of sp³-hybridized carbons (Fsp3) is 0.393. The maximum Gasteiger partial charge on any atom is 0.325 e. The average Bonchev–Trinajstić information content (AvgIpc) is 2.98. The highest BCUT2D eigenvalue weighted by Crippen LogP contribution is 2.33. The Balaban J connectivity index is 2.28. The zero-order valence-electron chi connectivity index (χ0n) is 23.7. The van der Waals surface area contributed by atoms with Gasteiger partial charge in [-0.15, -0.1) is 0 Å². The molecule has 0 N–H and O–H groups in total. The summed E-state index contributed by atoms with van der Waals surface area (Å²) in [6.07, 6.45) is 0.633. The molecule has 0 aliphatic heterocycles. The van der Waals surface area contributed by atoms with Crippen LogP contribution < -0.4 is 19.3 Å². The van der Waals surface area contributed by atoms with Crippen LogP contribution >= 0.6 is 0 Å². The molecule has 13 heteroatoms. The van der Waals surface area contributed by atoms with E-state index in [4.69, 9.17) is 28.4 Å². The van der Waals surface area contributed by atoms with Gasteiger partial charge in [-0.05, 0) is 36.8 Å². The van der Waals surface area contributed by atoms with Crippen LogP contribution in [0.3, 0.4) is 0 Å². The summed E-state index contributed by atoms with van der Waals surface area (Å²) < 4.78 is 30.9. The van der Waals surface area contributed by atoms with Gasteiger partial charge in [0.2, 0.25) is 0 Å². The number of anilines is 2. The number of nitrogens with zero attached hydrogens (tertiary/aromatic N) is 2. The minimum atomic E-state index is -0.599. The molecule has 0 unspecified atom stereocenters. The van der Waals surface area contributed by atoms with Crippen LogP contribution in [0.2, 0.25) is 0 Å². The van der Waals surface area contributed by atoms with Gasteiger partial charge in [-0.3, -0.25) is 24.0 Å². The first-order valence-electron chi connectivity index (χ1n) is 12.4. The minimum Gasteiger partial charge on any atom is -0.488 e.